The summed E-state index contributed by atoms with van der Waals surface area (Å²) >= 11 is 3.71. The number of amidine groups is 1. The Morgan fingerprint density at radius 1 is 0.500 bits per heavy atom. The Balaban J connectivity index is 1.19. The molecule has 44 heavy (non-hydrogen) atoms. The van der Waals surface area contributed by atoms with Crippen LogP contribution >= 0.6 is 22.7 Å². The van der Waals surface area contributed by atoms with Crippen molar-refractivity contribution in [2.45, 2.75) is 12.3 Å². The van der Waals surface area contributed by atoms with Crippen molar-refractivity contribution in [1.29, 1.82) is 0 Å². The lowest BCUT2D eigenvalue weighted by atomic mass is 10.0. The highest BCUT2D eigenvalue weighted by atomic mass is 32.1. The fourth-order valence-corrected chi connectivity index (χ4v) is 8.95. The van der Waals surface area contributed by atoms with Gasteiger partial charge in [0.2, 0.25) is 0 Å². The first-order valence-electron chi connectivity index (χ1n) is 14.9. The fourth-order valence-electron chi connectivity index (χ4n) is 6.45. The van der Waals surface area contributed by atoms with Crippen LogP contribution in [0.25, 0.3) is 51.5 Å². The third-order valence-corrected chi connectivity index (χ3v) is 11.0. The van der Waals surface area contributed by atoms with Gasteiger partial charge in [0.1, 0.15) is 18.2 Å². The van der Waals surface area contributed by atoms with Crippen LogP contribution in [0, 0.1) is 0 Å². The highest BCUT2D eigenvalue weighted by molar-refractivity contribution is 7.26. The molecule has 0 saturated carbocycles. The third-order valence-electron chi connectivity index (χ3n) is 8.58. The molecule has 0 aliphatic carbocycles. The van der Waals surface area contributed by atoms with Crippen LogP contribution in [-0.2, 0) is 0 Å². The van der Waals surface area contributed by atoms with Crippen LogP contribution in [0.3, 0.4) is 0 Å². The van der Waals surface area contributed by atoms with Gasteiger partial charge in [-0.3, -0.25) is 5.32 Å². The molecule has 9 rings (SSSR count). The molecule has 2 N–H and O–H groups in total. The molecule has 2 atom stereocenters. The predicted molar refractivity (Wildman–Crippen MR) is 189 cm³/mol. The van der Waals surface area contributed by atoms with Crippen molar-refractivity contribution in [3.63, 3.8) is 0 Å². The van der Waals surface area contributed by atoms with Crippen LogP contribution in [-0.4, -0.2) is 5.84 Å². The summed E-state index contributed by atoms with van der Waals surface area (Å²) in [5.41, 5.74) is 6.02. The number of aliphatic imine (C=N–C) groups is 1. The van der Waals surface area contributed by atoms with Gasteiger partial charge in [-0.2, -0.15) is 0 Å². The van der Waals surface area contributed by atoms with Crippen LogP contribution < -0.4 is 10.6 Å². The van der Waals surface area contributed by atoms with Crippen molar-refractivity contribution in [2.75, 3.05) is 0 Å². The van der Waals surface area contributed by atoms with E-state index in [-0.39, 0.29) is 12.3 Å². The zero-order valence-electron chi connectivity index (χ0n) is 23.7. The molecule has 8 aromatic rings. The molecule has 0 bridgehead atoms. The van der Waals surface area contributed by atoms with Crippen molar-refractivity contribution in [3.05, 3.63) is 156 Å². The largest absolute Gasteiger partial charge is 0.350 e. The summed E-state index contributed by atoms with van der Waals surface area (Å²) in [6.45, 7) is 0. The zero-order valence-corrected chi connectivity index (χ0v) is 25.3. The van der Waals surface area contributed by atoms with E-state index in [2.05, 4.69) is 150 Å². The van der Waals surface area contributed by atoms with E-state index in [0.717, 1.165) is 17.0 Å². The van der Waals surface area contributed by atoms with E-state index in [9.17, 15) is 0 Å². The van der Waals surface area contributed by atoms with Gasteiger partial charge in [0.25, 0.3) is 0 Å². The van der Waals surface area contributed by atoms with Crippen molar-refractivity contribution in [3.8, 4) is 11.1 Å². The average Bonchev–Trinajstić information content (AvgIpc) is 3.67. The molecule has 0 radical (unpaired) electrons. The number of fused-ring (bicyclic) bond motifs is 6. The van der Waals surface area contributed by atoms with Crippen molar-refractivity contribution < 1.29 is 0 Å². The van der Waals surface area contributed by atoms with Crippen molar-refractivity contribution in [1.82, 2.24) is 10.6 Å². The van der Waals surface area contributed by atoms with Gasteiger partial charge in [0.15, 0.2) is 0 Å². The molecule has 1 aliphatic rings. The molecule has 2 aromatic heterocycles. The molecule has 6 aromatic carbocycles. The Hall–Kier alpha value is -4.81. The Kier molecular flexibility index (Phi) is 6.08. The minimum Gasteiger partial charge on any atom is -0.350 e. The molecule has 2 unspecified atom stereocenters. The van der Waals surface area contributed by atoms with Gasteiger partial charge in [-0.25, -0.2) is 4.99 Å². The Bertz CT molecular complexity index is 2350. The van der Waals surface area contributed by atoms with Gasteiger partial charge in [-0.05, 0) is 40.5 Å². The van der Waals surface area contributed by atoms with E-state index in [1.807, 2.05) is 22.7 Å². The van der Waals surface area contributed by atoms with Crippen LogP contribution in [0.1, 0.15) is 29.0 Å². The van der Waals surface area contributed by atoms with Crippen molar-refractivity contribution in [2.24, 2.45) is 4.99 Å². The van der Waals surface area contributed by atoms with E-state index in [4.69, 9.17) is 4.99 Å². The smallest absolute Gasteiger partial charge is 0.133 e. The molecule has 0 saturated heterocycles. The summed E-state index contributed by atoms with van der Waals surface area (Å²) in [5.74, 6) is 0.919. The Morgan fingerprint density at radius 3 is 1.95 bits per heavy atom. The van der Waals surface area contributed by atoms with Crippen LogP contribution in [0.15, 0.2) is 145 Å². The molecular formula is C39H27N3S2. The Labute approximate surface area is 263 Å². The van der Waals surface area contributed by atoms with Crippen LogP contribution in [0.5, 0.6) is 0 Å². The molecule has 5 heteroatoms. The second-order valence-electron chi connectivity index (χ2n) is 11.2. The molecule has 0 spiro atoms. The van der Waals surface area contributed by atoms with Gasteiger partial charge in [0, 0.05) is 45.9 Å². The second-order valence-corrected chi connectivity index (χ2v) is 13.3. The number of rotatable bonds is 4. The number of hydrogen-bond acceptors (Lipinski definition) is 5. The Morgan fingerprint density at radius 2 is 1.14 bits per heavy atom. The van der Waals surface area contributed by atoms with Gasteiger partial charge in [0.05, 0.1) is 0 Å². The summed E-state index contributed by atoms with van der Waals surface area (Å²) in [6, 6.07) is 50.1. The normalized spacial score (nSPS) is 16.9. The molecule has 3 heterocycles. The van der Waals surface area contributed by atoms with Crippen molar-refractivity contribution >= 4 is 68.9 Å². The summed E-state index contributed by atoms with van der Waals surface area (Å²) in [7, 11) is 0. The van der Waals surface area contributed by atoms with Gasteiger partial charge < -0.3 is 5.32 Å². The van der Waals surface area contributed by atoms with Gasteiger partial charge in [-0.15, -0.1) is 22.7 Å². The predicted octanol–water partition coefficient (Wildman–Crippen LogP) is 10.4. The van der Waals surface area contributed by atoms with E-state index in [1.54, 1.807) is 0 Å². The highest BCUT2D eigenvalue weighted by Gasteiger charge is 2.27. The number of benzene rings is 6. The molecular weight excluding hydrogens is 575 g/mol. The number of hydrogen-bond donors (Lipinski definition) is 2. The second kappa shape index (κ2) is 10.4. The topological polar surface area (TPSA) is 36.4 Å². The van der Waals surface area contributed by atoms with E-state index in [1.165, 1.54) is 57.0 Å². The highest BCUT2D eigenvalue weighted by Crippen LogP contribution is 2.42. The van der Waals surface area contributed by atoms with Crippen LogP contribution in [0.2, 0.25) is 0 Å². The lowest BCUT2D eigenvalue weighted by Crippen LogP contribution is -2.44. The minimum atomic E-state index is -0.204. The molecule has 0 amide bonds. The standard InChI is InChI=1S/C39H27N3S2/c1-3-11-24(12-4-1)27-16-9-17-31-29-22-21-26(23-34(29)44-35(27)31)38-40-37(25-13-5-2-6-14-25)41-39(42-38)32-19-10-18-30-28-15-7-8-20-33(28)43-36(30)32/h1-23,37-38,40H,(H,41,42). The quantitative estimate of drug-likeness (QED) is 0.211. The molecule has 3 nitrogen and oxygen atoms in total. The fraction of sp³-hybridized carbons (Fsp3) is 0.0513. The maximum atomic E-state index is 5.35. The average molecular weight is 602 g/mol. The maximum Gasteiger partial charge on any atom is 0.133 e. The number of thiophene rings is 2. The number of nitrogens with one attached hydrogen (secondary N) is 2. The third kappa shape index (κ3) is 4.24. The van der Waals surface area contributed by atoms with Gasteiger partial charge in [-0.1, -0.05) is 121 Å². The van der Waals surface area contributed by atoms with Crippen LogP contribution in [0.4, 0.5) is 0 Å². The summed E-state index contributed by atoms with van der Waals surface area (Å²) in [4.78, 5) is 5.35. The summed E-state index contributed by atoms with van der Waals surface area (Å²) in [6.07, 6.45) is -0.287. The first-order chi connectivity index (χ1) is 21.8. The monoisotopic (exact) mass is 601 g/mol. The molecule has 0 fully saturated rings. The molecule has 210 valence electrons. The SMILES string of the molecule is c1ccc(-c2cccc3c2sc2cc(C4N=C(c5cccc6c5sc5ccccc56)NC(c5ccccc5)N4)ccc23)cc1. The maximum absolute atomic E-state index is 5.35. The number of nitrogens with zero attached hydrogens (tertiary/aromatic N) is 1. The van der Waals surface area contributed by atoms with E-state index in [0.29, 0.717) is 0 Å². The van der Waals surface area contributed by atoms with Gasteiger partial charge >= 0.3 is 0 Å². The first kappa shape index (κ1) is 25.7. The van der Waals surface area contributed by atoms with E-state index >= 15 is 0 Å². The first-order valence-corrected chi connectivity index (χ1v) is 16.5. The van der Waals surface area contributed by atoms with E-state index < -0.39 is 0 Å². The lowest BCUT2D eigenvalue weighted by Gasteiger charge is -2.32. The summed E-state index contributed by atoms with van der Waals surface area (Å²) < 4.78 is 5.17. The summed E-state index contributed by atoms with van der Waals surface area (Å²) in [5, 5.41) is 12.7. The zero-order chi connectivity index (χ0) is 29.0. The lowest BCUT2D eigenvalue weighted by molar-refractivity contribution is 0.409. The minimum absolute atomic E-state index is 0.0823. The molecule has 1 aliphatic heterocycles.